The Morgan fingerprint density at radius 3 is 2.51 bits per heavy atom. The lowest BCUT2D eigenvalue weighted by Gasteiger charge is -2.26. The molecule has 2 atom stereocenters. The standard InChI is InChI=1S/C30H32N4O5/c1-20(6-5-9-27(36)34(16-17-35)19-21-7-3-2-4-8-21)30(39)25-18-24(14-15-26(25)33-29(30)38)32-28(37)22-10-12-23(31)13-11-22/h2-8,10-15,18,20,35,39H,9,16-17,19,31H2,1H3,(H,32,37)(H,33,38)/b6-5+/t20-,30+/m1/s1. The van der Waals surface area contributed by atoms with E-state index in [0.717, 1.165) is 5.56 Å². The molecule has 0 saturated carbocycles. The Bertz CT molecular complexity index is 1370. The number of fused-ring (bicyclic) bond motifs is 1. The van der Waals surface area contributed by atoms with Crippen LogP contribution >= 0.6 is 0 Å². The molecule has 4 rings (SSSR count). The van der Waals surface area contributed by atoms with Gasteiger partial charge in [0.05, 0.1) is 6.61 Å². The highest BCUT2D eigenvalue weighted by molar-refractivity contribution is 6.07. The molecule has 1 heterocycles. The Kier molecular flexibility index (Phi) is 8.43. The van der Waals surface area contributed by atoms with Crippen molar-refractivity contribution in [1.82, 2.24) is 4.90 Å². The second-order valence-corrected chi connectivity index (χ2v) is 9.50. The summed E-state index contributed by atoms with van der Waals surface area (Å²) < 4.78 is 0. The van der Waals surface area contributed by atoms with E-state index in [0.29, 0.717) is 34.7 Å². The Balaban J connectivity index is 1.46. The number of carbonyl (C=O) groups is 3. The smallest absolute Gasteiger partial charge is 0.261 e. The van der Waals surface area contributed by atoms with E-state index in [4.69, 9.17) is 5.73 Å². The molecular weight excluding hydrogens is 496 g/mol. The second kappa shape index (κ2) is 11.9. The first-order chi connectivity index (χ1) is 18.7. The van der Waals surface area contributed by atoms with Crippen molar-refractivity contribution in [2.45, 2.75) is 25.5 Å². The van der Waals surface area contributed by atoms with Gasteiger partial charge in [-0.1, -0.05) is 49.4 Å². The van der Waals surface area contributed by atoms with Crippen LogP contribution in [0.3, 0.4) is 0 Å². The molecule has 0 unspecified atom stereocenters. The molecule has 1 aliphatic heterocycles. The summed E-state index contributed by atoms with van der Waals surface area (Å²) in [5.74, 6) is -1.82. The third kappa shape index (κ3) is 6.17. The van der Waals surface area contributed by atoms with Crippen LogP contribution in [0.5, 0.6) is 0 Å². The quantitative estimate of drug-likeness (QED) is 0.202. The predicted octanol–water partition coefficient (Wildman–Crippen LogP) is 3.26. The summed E-state index contributed by atoms with van der Waals surface area (Å²) in [6.07, 6.45) is 3.30. The molecule has 0 aliphatic carbocycles. The molecule has 0 fully saturated rings. The number of amides is 3. The third-order valence-electron chi connectivity index (χ3n) is 6.77. The minimum absolute atomic E-state index is 0.0411. The Morgan fingerprint density at radius 2 is 1.82 bits per heavy atom. The minimum atomic E-state index is -1.90. The highest BCUT2D eigenvalue weighted by Crippen LogP contribution is 2.43. The number of nitrogens with two attached hydrogens (primary N) is 1. The van der Waals surface area contributed by atoms with Gasteiger partial charge in [-0.15, -0.1) is 0 Å². The lowest BCUT2D eigenvalue weighted by atomic mass is 9.82. The van der Waals surface area contributed by atoms with Crippen LogP contribution in [0.25, 0.3) is 0 Å². The van der Waals surface area contributed by atoms with Crippen LogP contribution in [-0.2, 0) is 21.7 Å². The normalized spacial score (nSPS) is 16.9. The van der Waals surface area contributed by atoms with Gasteiger partial charge < -0.3 is 31.5 Å². The fourth-order valence-electron chi connectivity index (χ4n) is 4.53. The van der Waals surface area contributed by atoms with E-state index in [9.17, 15) is 24.6 Å². The van der Waals surface area contributed by atoms with Crippen molar-refractivity contribution in [1.29, 1.82) is 0 Å². The average molecular weight is 529 g/mol. The van der Waals surface area contributed by atoms with Gasteiger partial charge in [-0.05, 0) is 48.0 Å². The van der Waals surface area contributed by atoms with Crippen molar-refractivity contribution < 1.29 is 24.6 Å². The number of carbonyl (C=O) groups excluding carboxylic acids is 3. The molecule has 0 aromatic heterocycles. The molecule has 3 amide bonds. The zero-order valence-electron chi connectivity index (χ0n) is 21.6. The number of benzene rings is 3. The molecule has 0 bridgehead atoms. The molecule has 3 aromatic rings. The highest BCUT2D eigenvalue weighted by atomic mass is 16.3. The van der Waals surface area contributed by atoms with Crippen LogP contribution in [0.15, 0.2) is 84.9 Å². The number of nitrogens with zero attached hydrogens (tertiary/aromatic N) is 1. The van der Waals surface area contributed by atoms with Gasteiger partial charge in [0.1, 0.15) is 0 Å². The average Bonchev–Trinajstić information content (AvgIpc) is 3.19. The largest absolute Gasteiger partial charge is 0.399 e. The number of nitrogen functional groups attached to an aromatic ring is 1. The molecule has 3 aromatic carbocycles. The molecule has 0 spiro atoms. The van der Waals surface area contributed by atoms with Gasteiger partial charge in [-0.2, -0.15) is 0 Å². The summed E-state index contributed by atoms with van der Waals surface area (Å²) >= 11 is 0. The maximum Gasteiger partial charge on any atom is 0.261 e. The summed E-state index contributed by atoms with van der Waals surface area (Å²) in [6, 6.07) is 20.8. The van der Waals surface area contributed by atoms with Crippen molar-refractivity contribution in [2.24, 2.45) is 5.92 Å². The highest BCUT2D eigenvalue weighted by Gasteiger charge is 2.48. The third-order valence-corrected chi connectivity index (χ3v) is 6.77. The SMILES string of the molecule is C[C@H](/C=C/CC(=O)N(CCO)Cc1ccccc1)[C@@]1(O)C(=O)Nc2ccc(NC(=O)c3ccc(N)cc3)cc21. The number of rotatable bonds is 10. The fourth-order valence-corrected chi connectivity index (χ4v) is 4.53. The van der Waals surface area contributed by atoms with Crippen molar-refractivity contribution in [3.05, 3.63) is 102 Å². The summed E-state index contributed by atoms with van der Waals surface area (Å²) in [6.45, 7) is 2.09. The Morgan fingerprint density at radius 1 is 1.10 bits per heavy atom. The zero-order valence-corrected chi connectivity index (χ0v) is 21.6. The van der Waals surface area contributed by atoms with Gasteiger partial charge in [-0.25, -0.2) is 0 Å². The number of hydrogen-bond acceptors (Lipinski definition) is 6. The molecule has 1 aliphatic rings. The van der Waals surface area contributed by atoms with E-state index in [1.807, 2.05) is 30.3 Å². The van der Waals surface area contributed by atoms with Crippen molar-refractivity contribution in [3.8, 4) is 0 Å². The predicted molar refractivity (Wildman–Crippen MR) is 150 cm³/mol. The van der Waals surface area contributed by atoms with E-state index >= 15 is 0 Å². The molecular formula is C30H32N4O5. The molecule has 0 radical (unpaired) electrons. The van der Waals surface area contributed by atoms with E-state index < -0.39 is 17.4 Å². The van der Waals surface area contributed by atoms with Gasteiger partial charge in [0, 0.05) is 53.6 Å². The zero-order chi connectivity index (χ0) is 28.0. The monoisotopic (exact) mass is 528 g/mol. The molecule has 6 N–H and O–H groups in total. The van der Waals surface area contributed by atoms with E-state index in [1.54, 1.807) is 66.4 Å². The van der Waals surface area contributed by atoms with E-state index in [-0.39, 0.29) is 31.4 Å². The van der Waals surface area contributed by atoms with Gasteiger partial charge >= 0.3 is 0 Å². The van der Waals surface area contributed by atoms with Crippen molar-refractivity contribution in [2.75, 3.05) is 29.5 Å². The first-order valence-corrected chi connectivity index (χ1v) is 12.7. The Labute approximate surface area is 227 Å². The maximum absolute atomic E-state index is 12.9. The van der Waals surface area contributed by atoms with Crippen LogP contribution in [0.1, 0.15) is 34.8 Å². The number of hydrogen-bond donors (Lipinski definition) is 5. The summed E-state index contributed by atoms with van der Waals surface area (Å²) in [5.41, 5.74) is 6.89. The molecule has 202 valence electrons. The number of aliphatic hydroxyl groups excluding tert-OH is 1. The van der Waals surface area contributed by atoms with Crippen LogP contribution in [0.4, 0.5) is 17.1 Å². The van der Waals surface area contributed by atoms with Crippen LogP contribution in [0.2, 0.25) is 0 Å². The number of anilines is 3. The van der Waals surface area contributed by atoms with Crippen LogP contribution in [0, 0.1) is 5.92 Å². The lowest BCUT2D eigenvalue weighted by Crippen LogP contribution is -2.39. The Hall–Kier alpha value is -4.47. The second-order valence-electron chi connectivity index (χ2n) is 9.50. The molecule has 9 heteroatoms. The van der Waals surface area contributed by atoms with Gasteiger partial charge in [0.25, 0.3) is 11.8 Å². The summed E-state index contributed by atoms with van der Waals surface area (Å²) in [7, 11) is 0. The van der Waals surface area contributed by atoms with Gasteiger partial charge in [0.15, 0.2) is 5.60 Å². The number of nitrogens with one attached hydrogen (secondary N) is 2. The summed E-state index contributed by atoms with van der Waals surface area (Å²) in [4.78, 5) is 39.9. The summed E-state index contributed by atoms with van der Waals surface area (Å²) in [5, 5.41) is 26.4. The van der Waals surface area contributed by atoms with Crippen molar-refractivity contribution in [3.63, 3.8) is 0 Å². The van der Waals surface area contributed by atoms with Gasteiger partial charge in [-0.3, -0.25) is 14.4 Å². The fraction of sp³-hybridized carbons (Fsp3) is 0.233. The maximum atomic E-state index is 12.9. The van der Waals surface area contributed by atoms with E-state index in [1.165, 1.54) is 0 Å². The van der Waals surface area contributed by atoms with Crippen LogP contribution in [-0.4, -0.2) is 46.0 Å². The molecule has 39 heavy (non-hydrogen) atoms. The number of aliphatic hydroxyl groups is 2. The topological polar surface area (TPSA) is 145 Å². The first-order valence-electron chi connectivity index (χ1n) is 12.7. The minimum Gasteiger partial charge on any atom is -0.399 e. The van der Waals surface area contributed by atoms with Gasteiger partial charge in [0.2, 0.25) is 5.91 Å². The van der Waals surface area contributed by atoms with Crippen molar-refractivity contribution >= 4 is 34.8 Å². The van der Waals surface area contributed by atoms with E-state index in [2.05, 4.69) is 10.6 Å². The first kappa shape index (κ1) is 27.6. The lowest BCUT2D eigenvalue weighted by molar-refractivity contribution is -0.137. The molecule has 0 saturated heterocycles. The van der Waals surface area contributed by atoms with Crippen LogP contribution < -0.4 is 16.4 Å². The molecule has 9 nitrogen and oxygen atoms in total.